The van der Waals surface area contributed by atoms with Gasteiger partial charge in [-0.15, -0.1) is 0 Å². The largest absolute Gasteiger partial charge is 0.375 e. The molecule has 0 amide bonds. The Morgan fingerprint density at radius 3 is 2.84 bits per heavy atom. The van der Waals surface area contributed by atoms with Gasteiger partial charge < -0.3 is 14.6 Å². The van der Waals surface area contributed by atoms with Gasteiger partial charge in [0.1, 0.15) is 0 Å². The van der Waals surface area contributed by atoms with Gasteiger partial charge in [-0.05, 0) is 44.7 Å². The van der Waals surface area contributed by atoms with Gasteiger partial charge in [-0.1, -0.05) is 13.8 Å². The molecular formula is C16H28N2O. The van der Waals surface area contributed by atoms with Gasteiger partial charge in [-0.3, -0.25) is 0 Å². The highest BCUT2D eigenvalue weighted by Crippen LogP contribution is 2.31. The van der Waals surface area contributed by atoms with Crippen molar-refractivity contribution in [2.45, 2.75) is 71.2 Å². The topological polar surface area (TPSA) is 26.2 Å². The van der Waals surface area contributed by atoms with Crippen molar-refractivity contribution in [1.82, 2.24) is 9.88 Å². The van der Waals surface area contributed by atoms with Gasteiger partial charge in [-0.2, -0.15) is 0 Å². The van der Waals surface area contributed by atoms with Crippen LogP contribution in [0.1, 0.15) is 52.1 Å². The molecule has 3 heteroatoms. The minimum absolute atomic E-state index is 0.114. The van der Waals surface area contributed by atoms with Crippen LogP contribution in [-0.2, 0) is 17.8 Å². The molecule has 2 heterocycles. The van der Waals surface area contributed by atoms with Gasteiger partial charge in [0.25, 0.3) is 0 Å². The molecule has 1 atom stereocenters. The molecule has 0 spiro atoms. The first-order valence-corrected chi connectivity index (χ1v) is 7.74. The molecule has 1 aromatic heterocycles. The summed E-state index contributed by atoms with van der Waals surface area (Å²) in [6.07, 6.45) is 6.67. The lowest BCUT2D eigenvalue weighted by Crippen LogP contribution is -2.46. The van der Waals surface area contributed by atoms with E-state index in [9.17, 15) is 0 Å². The zero-order valence-corrected chi connectivity index (χ0v) is 12.6. The highest BCUT2D eigenvalue weighted by molar-refractivity contribution is 5.07. The van der Waals surface area contributed by atoms with E-state index in [1.54, 1.807) is 0 Å². The van der Waals surface area contributed by atoms with Crippen molar-refractivity contribution in [3.05, 3.63) is 24.0 Å². The number of hydrogen-bond donors (Lipinski definition) is 1. The van der Waals surface area contributed by atoms with E-state index in [1.165, 1.54) is 5.69 Å². The van der Waals surface area contributed by atoms with Crippen LogP contribution in [0.5, 0.6) is 0 Å². The summed E-state index contributed by atoms with van der Waals surface area (Å²) in [6.45, 7) is 9.59. The second kappa shape index (κ2) is 6.58. The van der Waals surface area contributed by atoms with Crippen molar-refractivity contribution < 1.29 is 4.74 Å². The Hall–Kier alpha value is -0.800. The van der Waals surface area contributed by atoms with E-state index in [2.05, 4.69) is 49.0 Å². The van der Waals surface area contributed by atoms with Gasteiger partial charge in [0, 0.05) is 37.6 Å². The summed E-state index contributed by atoms with van der Waals surface area (Å²) in [4.78, 5) is 0. The fraction of sp³-hybridized carbons (Fsp3) is 0.750. The molecule has 1 saturated heterocycles. The van der Waals surface area contributed by atoms with Crippen LogP contribution in [0.15, 0.2) is 18.3 Å². The second-order valence-electron chi connectivity index (χ2n) is 5.59. The summed E-state index contributed by atoms with van der Waals surface area (Å²) in [5.74, 6) is 0. The molecule has 0 saturated carbocycles. The predicted octanol–water partition coefficient (Wildman–Crippen LogP) is 3.34. The molecule has 0 radical (unpaired) electrons. The SMILES string of the molecule is CCn1cccc1CNC1CCOC(CC)(CC)C1. The Morgan fingerprint density at radius 2 is 2.16 bits per heavy atom. The molecule has 1 aliphatic heterocycles. The minimum atomic E-state index is 0.114. The van der Waals surface area contributed by atoms with Crippen LogP contribution in [-0.4, -0.2) is 22.8 Å². The number of aryl methyl sites for hydroxylation is 1. The molecule has 1 N–H and O–H groups in total. The Balaban J connectivity index is 1.89. The fourth-order valence-corrected chi connectivity index (χ4v) is 3.11. The second-order valence-corrected chi connectivity index (χ2v) is 5.59. The minimum Gasteiger partial charge on any atom is -0.375 e. The van der Waals surface area contributed by atoms with E-state index >= 15 is 0 Å². The summed E-state index contributed by atoms with van der Waals surface area (Å²) in [5.41, 5.74) is 1.50. The first kappa shape index (κ1) is 14.6. The highest BCUT2D eigenvalue weighted by Gasteiger charge is 2.34. The standard InChI is InChI=1S/C16H28N2O/c1-4-16(5-2)12-14(9-11-19-16)17-13-15-8-7-10-18(15)6-3/h7-8,10,14,17H,4-6,9,11-13H2,1-3H3. The monoisotopic (exact) mass is 264 g/mol. The lowest BCUT2D eigenvalue weighted by Gasteiger charge is -2.40. The maximum atomic E-state index is 6.03. The van der Waals surface area contributed by atoms with Crippen LogP contribution in [0, 0.1) is 0 Å². The van der Waals surface area contributed by atoms with E-state index in [1.807, 2.05) is 0 Å². The smallest absolute Gasteiger partial charge is 0.0692 e. The Bertz CT molecular complexity index is 382. The Morgan fingerprint density at radius 1 is 1.37 bits per heavy atom. The molecule has 1 aliphatic rings. The number of rotatable bonds is 6. The van der Waals surface area contributed by atoms with Crippen molar-refractivity contribution in [2.75, 3.05) is 6.61 Å². The molecule has 1 fully saturated rings. The third-order valence-electron chi connectivity index (χ3n) is 4.62. The summed E-state index contributed by atoms with van der Waals surface area (Å²) in [7, 11) is 0. The predicted molar refractivity (Wildman–Crippen MR) is 79.2 cm³/mol. The average molecular weight is 264 g/mol. The first-order chi connectivity index (χ1) is 9.23. The van der Waals surface area contributed by atoms with E-state index in [-0.39, 0.29) is 5.60 Å². The quantitative estimate of drug-likeness (QED) is 0.853. The number of nitrogens with one attached hydrogen (secondary N) is 1. The van der Waals surface area contributed by atoms with Crippen molar-refractivity contribution >= 4 is 0 Å². The molecule has 1 unspecified atom stereocenters. The van der Waals surface area contributed by atoms with Crippen molar-refractivity contribution in [2.24, 2.45) is 0 Å². The zero-order chi connectivity index (χ0) is 13.7. The summed E-state index contributed by atoms with van der Waals surface area (Å²) in [5, 5.41) is 3.72. The van der Waals surface area contributed by atoms with Gasteiger partial charge in [0.2, 0.25) is 0 Å². The van der Waals surface area contributed by atoms with E-state index in [0.29, 0.717) is 6.04 Å². The van der Waals surface area contributed by atoms with Gasteiger partial charge in [-0.25, -0.2) is 0 Å². The van der Waals surface area contributed by atoms with E-state index < -0.39 is 0 Å². The van der Waals surface area contributed by atoms with Crippen LogP contribution < -0.4 is 5.32 Å². The first-order valence-electron chi connectivity index (χ1n) is 7.74. The fourth-order valence-electron chi connectivity index (χ4n) is 3.11. The molecule has 0 bridgehead atoms. The van der Waals surface area contributed by atoms with Crippen LogP contribution >= 0.6 is 0 Å². The molecule has 0 aliphatic carbocycles. The molecule has 3 nitrogen and oxygen atoms in total. The Kier molecular flexibility index (Phi) is 5.06. The van der Waals surface area contributed by atoms with Gasteiger partial charge >= 0.3 is 0 Å². The average Bonchev–Trinajstić information content (AvgIpc) is 2.92. The maximum Gasteiger partial charge on any atom is 0.0692 e. The zero-order valence-electron chi connectivity index (χ0n) is 12.6. The molecule has 19 heavy (non-hydrogen) atoms. The number of hydrogen-bond acceptors (Lipinski definition) is 2. The lowest BCUT2D eigenvalue weighted by molar-refractivity contribution is -0.0932. The highest BCUT2D eigenvalue weighted by atomic mass is 16.5. The summed E-state index contributed by atoms with van der Waals surface area (Å²) < 4.78 is 8.34. The van der Waals surface area contributed by atoms with E-state index in [4.69, 9.17) is 4.74 Å². The van der Waals surface area contributed by atoms with Crippen LogP contribution in [0.25, 0.3) is 0 Å². The lowest BCUT2D eigenvalue weighted by atomic mass is 9.86. The molecule has 2 rings (SSSR count). The van der Waals surface area contributed by atoms with Crippen LogP contribution in [0.4, 0.5) is 0 Å². The van der Waals surface area contributed by atoms with Crippen molar-refractivity contribution in [1.29, 1.82) is 0 Å². The van der Waals surface area contributed by atoms with Gasteiger partial charge in [0.05, 0.1) is 5.60 Å². The van der Waals surface area contributed by atoms with Gasteiger partial charge in [0.15, 0.2) is 0 Å². The molecule has 108 valence electrons. The van der Waals surface area contributed by atoms with Crippen molar-refractivity contribution in [3.8, 4) is 0 Å². The third kappa shape index (κ3) is 3.40. The van der Waals surface area contributed by atoms with Crippen LogP contribution in [0.2, 0.25) is 0 Å². The molecule has 1 aromatic rings. The normalized spacial score (nSPS) is 22.6. The number of aromatic nitrogens is 1. The maximum absolute atomic E-state index is 6.03. The third-order valence-corrected chi connectivity index (χ3v) is 4.62. The summed E-state index contributed by atoms with van der Waals surface area (Å²) >= 11 is 0. The Labute approximate surface area is 117 Å². The molecule has 0 aromatic carbocycles. The summed E-state index contributed by atoms with van der Waals surface area (Å²) in [6, 6.07) is 4.93. The van der Waals surface area contributed by atoms with Crippen molar-refractivity contribution in [3.63, 3.8) is 0 Å². The number of nitrogens with zero attached hydrogens (tertiary/aromatic N) is 1. The number of ether oxygens (including phenoxy) is 1. The van der Waals surface area contributed by atoms with Crippen LogP contribution in [0.3, 0.4) is 0 Å². The van der Waals surface area contributed by atoms with E-state index in [0.717, 1.165) is 45.4 Å². The molecular weight excluding hydrogens is 236 g/mol.